The Hall–Kier alpha value is -1.43. The van der Waals surface area contributed by atoms with Crippen molar-refractivity contribution in [3.8, 4) is 0 Å². The first-order chi connectivity index (χ1) is 10.5. The lowest BCUT2D eigenvalue weighted by Crippen LogP contribution is -2.27. The number of carbonyl (C=O) groups is 1. The molecule has 0 saturated carbocycles. The molecule has 0 unspecified atom stereocenters. The number of carbonyl (C=O) groups excluding carboxylic acids is 1. The van der Waals surface area contributed by atoms with Gasteiger partial charge in [-0.3, -0.25) is 0 Å². The van der Waals surface area contributed by atoms with E-state index >= 15 is 0 Å². The van der Waals surface area contributed by atoms with E-state index < -0.39 is 5.60 Å². The molecule has 0 saturated heterocycles. The summed E-state index contributed by atoms with van der Waals surface area (Å²) in [5, 5.41) is 0. The van der Waals surface area contributed by atoms with Crippen molar-refractivity contribution in [1.82, 2.24) is 0 Å². The monoisotopic (exact) mass is 310 g/mol. The van der Waals surface area contributed by atoms with E-state index in [1.807, 2.05) is 51.1 Å². The van der Waals surface area contributed by atoms with E-state index in [0.29, 0.717) is 33.0 Å². The Morgan fingerprint density at radius 2 is 1.50 bits per heavy atom. The fraction of sp³-hybridized carbons (Fsp3) is 0.588. The van der Waals surface area contributed by atoms with E-state index in [1.165, 1.54) is 0 Å². The SMILES string of the molecule is CC(C)(C)OC(=O)COCCOCCOCc1ccccc1. The van der Waals surface area contributed by atoms with Gasteiger partial charge in [0.2, 0.25) is 0 Å². The maximum absolute atomic E-state index is 11.4. The third kappa shape index (κ3) is 10.3. The highest BCUT2D eigenvalue weighted by Gasteiger charge is 2.15. The van der Waals surface area contributed by atoms with Crippen LogP contribution in [0.1, 0.15) is 26.3 Å². The van der Waals surface area contributed by atoms with Gasteiger partial charge in [-0.25, -0.2) is 4.79 Å². The number of rotatable bonds is 10. The molecule has 0 aliphatic rings. The predicted octanol–water partition coefficient (Wildman–Crippen LogP) is 2.58. The summed E-state index contributed by atoms with van der Waals surface area (Å²) in [6.07, 6.45) is 0. The van der Waals surface area contributed by atoms with Crippen molar-refractivity contribution in [1.29, 1.82) is 0 Å². The molecule has 0 bridgehead atoms. The summed E-state index contributed by atoms with van der Waals surface area (Å²) >= 11 is 0. The van der Waals surface area contributed by atoms with Gasteiger partial charge < -0.3 is 18.9 Å². The Morgan fingerprint density at radius 3 is 2.14 bits per heavy atom. The molecule has 0 amide bonds. The molecule has 22 heavy (non-hydrogen) atoms. The zero-order chi connectivity index (χ0) is 16.3. The van der Waals surface area contributed by atoms with Gasteiger partial charge in [-0.05, 0) is 26.3 Å². The van der Waals surface area contributed by atoms with Crippen molar-refractivity contribution in [3.05, 3.63) is 35.9 Å². The van der Waals surface area contributed by atoms with E-state index in [2.05, 4.69) is 0 Å². The van der Waals surface area contributed by atoms with Crippen molar-refractivity contribution in [2.75, 3.05) is 33.0 Å². The maximum atomic E-state index is 11.4. The van der Waals surface area contributed by atoms with Gasteiger partial charge in [0.1, 0.15) is 12.2 Å². The zero-order valence-corrected chi connectivity index (χ0v) is 13.7. The van der Waals surface area contributed by atoms with Crippen molar-refractivity contribution < 1.29 is 23.7 Å². The maximum Gasteiger partial charge on any atom is 0.332 e. The highest BCUT2D eigenvalue weighted by Crippen LogP contribution is 2.06. The molecule has 0 atom stereocenters. The lowest BCUT2D eigenvalue weighted by Gasteiger charge is -2.19. The summed E-state index contributed by atoms with van der Waals surface area (Å²) in [5.74, 6) is -0.362. The van der Waals surface area contributed by atoms with Crippen LogP contribution in [-0.4, -0.2) is 44.6 Å². The van der Waals surface area contributed by atoms with Crippen LogP contribution in [0.3, 0.4) is 0 Å². The van der Waals surface area contributed by atoms with Crippen LogP contribution in [0.4, 0.5) is 0 Å². The lowest BCUT2D eigenvalue weighted by molar-refractivity contribution is -0.160. The molecule has 0 aromatic heterocycles. The minimum absolute atomic E-state index is 0.0505. The number of hydrogen-bond acceptors (Lipinski definition) is 5. The van der Waals surface area contributed by atoms with E-state index in [4.69, 9.17) is 18.9 Å². The van der Waals surface area contributed by atoms with Gasteiger partial charge in [0.05, 0.1) is 33.0 Å². The van der Waals surface area contributed by atoms with Crippen LogP contribution >= 0.6 is 0 Å². The largest absolute Gasteiger partial charge is 0.458 e. The minimum atomic E-state index is -0.479. The molecule has 0 spiro atoms. The molecule has 1 rings (SSSR count). The van der Waals surface area contributed by atoms with E-state index in [1.54, 1.807) is 0 Å². The van der Waals surface area contributed by atoms with E-state index in [-0.39, 0.29) is 12.6 Å². The summed E-state index contributed by atoms with van der Waals surface area (Å²) in [6, 6.07) is 9.98. The van der Waals surface area contributed by atoms with Crippen molar-refractivity contribution in [2.24, 2.45) is 0 Å². The second kappa shape index (κ2) is 10.3. The molecule has 1 aromatic rings. The highest BCUT2D eigenvalue weighted by atomic mass is 16.6. The fourth-order valence-electron chi connectivity index (χ4n) is 1.63. The lowest BCUT2D eigenvalue weighted by atomic mass is 10.2. The standard InChI is InChI=1S/C17H26O5/c1-17(2,3)22-16(18)14-21-12-10-19-9-11-20-13-15-7-5-4-6-8-15/h4-8H,9-14H2,1-3H3. The first kappa shape index (κ1) is 18.6. The second-order valence-corrected chi connectivity index (χ2v) is 5.79. The average Bonchev–Trinajstić information content (AvgIpc) is 2.44. The Labute approximate surface area is 132 Å². The molecule has 0 aliphatic heterocycles. The van der Waals surface area contributed by atoms with Crippen LogP contribution in [0.25, 0.3) is 0 Å². The molecule has 5 heteroatoms. The normalized spacial score (nSPS) is 11.4. The summed E-state index contributed by atoms with van der Waals surface area (Å²) in [7, 11) is 0. The Bertz CT molecular complexity index is 411. The minimum Gasteiger partial charge on any atom is -0.458 e. The summed E-state index contributed by atoms with van der Waals surface area (Å²) in [4.78, 5) is 11.4. The predicted molar refractivity (Wildman–Crippen MR) is 83.6 cm³/mol. The fourth-order valence-corrected chi connectivity index (χ4v) is 1.63. The zero-order valence-electron chi connectivity index (χ0n) is 13.7. The van der Waals surface area contributed by atoms with Gasteiger partial charge in [0, 0.05) is 0 Å². The smallest absolute Gasteiger partial charge is 0.332 e. The molecule has 1 aromatic carbocycles. The molecule has 0 radical (unpaired) electrons. The Morgan fingerprint density at radius 1 is 0.909 bits per heavy atom. The van der Waals surface area contributed by atoms with Crippen LogP contribution in [0, 0.1) is 0 Å². The summed E-state index contributed by atoms with van der Waals surface area (Å²) in [6.45, 7) is 7.82. The molecule has 0 fully saturated rings. The first-order valence-corrected chi connectivity index (χ1v) is 7.46. The van der Waals surface area contributed by atoms with E-state index in [9.17, 15) is 4.79 Å². The van der Waals surface area contributed by atoms with Crippen LogP contribution in [-0.2, 0) is 30.3 Å². The number of esters is 1. The third-order valence-electron chi connectivity index (χ3n) is 2.50. The van der Waals surface area contributed by atoms with Crippen LogP contribution in [0.2, 0.25) is 0 Å². The highest BCUT2D eigenvalue weighted by molar-refractivity contribution is 5.71. The topological polar surface area (TPSA) is 54.0 Å². The Kier molecular flexibility index (Phi) is 8.74. The summed E-state index contributed by atoms with van der Waals surface area (Å²) < 4.78 is 21.1. The molecule has 5 nitrogen and oxygen atoms in total. The van der Waals surface area contributed by atoms with Gasteiger partial charge >= 0.3 is 5.97 Å². The molecule has 124 valence electrons. The van der Waals surface area contributed by atoms with Crippen molar-refractivity contribution in [2.45, 2.75) is 33.0 Å². The molecular formula is C17H26O5. The molecule has 0 N–H and O–H groups in total. The van der Waals surface area contributed by atoms with Crippen molar-refractivity contribution in [3.63, 3.8) is 0 Å². The Balaban J connectivity index is 1.89. The van der Waals surface area contributed by atoms with Crippen LogP contribution < -0.4 is 0 Å². The second-order valence-electron chi connectivity index (χ2n) is 5.79. The van der Waals surface area contributed by atoms with Crippen molar-refractivity contribution >= 4 is 5.97 Å². The van der Waals surface area contributed by atoms with Gasteiger partial charge in [0.15, 0.2) is 0 Å². The van der Waals surface area contributed by atoms with Crippen LogP contribution in [0.15, 0.2) is 30.3 Å². The number of ether oxygens (including phenoxy) is 4. The number of hydrogen-bond donors (Lipinski definition) is 0. The van der Waals surface area contributed by atoms with Gasteiger partial charge in [-0.1, -0.05) is 30.3 Å². The molecule has 0 aliphatic carbocycles. The summed E-state index contributed by atoms with van der Waals surface area (Å²) in [5.41, 5.74) is 0.663. The first-order valence-electron chi connectivity index (χ1n) is 7.46. The third-order valence-corrected chi connectivity index (χ3v) is 2.50. The number of benzene rings is 1. The quantitative estimate of drug-likeness (QED) is 0.491. The van der Waals surface area contributed by atoms with Gasteiger partial charge in [-0.2, -0.15) is 0 Å². The molecule has 0 heterocycles. The molecular weight excluding hydrogens is 284 g/mol. The van der Waals surface area contributed by atoms with Crippen LogP contribution in [0.5, 0.6) is 0 Å². The van der Waals surface area contributed by atoms with E-state index in [0.717, 1.165) is 5.56 Å². The van der Waals surface area contributed by atoms with Gasteiger partial charge in [0.25, 0.3) is 0 Å². The average molecular weight is 310 g/mol. The van der Waals surface area contributed by atoms with Gasteiger partial charge in [-0.15, -0.1) is 0 Å².